The Morgan fingerprint density at radius 2 is 0.978 bits per heavy atom. The molecule has 0 atom stereocenters. The summed E-state index contributed by atoms with van der Waals surface area (Å²) in [5.41, 5.74) is 8.30. The molecule has 5 rings (SSSR count). The summed E-state index contributed by atoms with van der Waals surface area (Å²) in [6.07, 6.45) is 9.35. The van der Waals surface area contributed by atoms with Crippen molar-refractivity contribution in [2.45, 2.75) is 65.2 Å². The van der Waals surface area contributed by atoms with Crippen LogP contribution >= 0.6 is 0 Å². The summed E-state index contributed by atoms with van der Waals surface area (Å²) in [6, 6.07) is 40.1. The lowest BCUT2D eigenvalue weighted by atomic mass is 9.99. The second-order valence-corrected chi connectivity index (χ2v) is 11.9. The predicted octanol–water partition coefficient (Wildman–Crippen LogP) is 11.8. The van der Waals surface area contributed by atoms with E-state index in [4.69, 9.17) is 14.5 Å². The lowest BCUT2D eigenvalue weighted by Gasteiger charge is -2.20. The molecule has 4 heteroatoms. The fourth-order valence-corrected chi connectivity index (χ4v) is 5.68. The van der Waals surface area contributed by atoms with Gasteiger partial charge in [-0.1, -0.05) is 107 Å². The Morgan fingerprint density at radius 3 is 1.50 bits per heavy atom. The fraction of sp³-hybridized carbons (Fsp3) is 0.310. The van der Waals surface area contributed by atoms with E-state index in [1.807, 2.05) is 18.2 Å². The van der Waals surface area contributed by atoms with Crippen LogP contribution < -0.4 is 14.4 Å². The maximum absolute atomic E-state index is 6.35. The second kappa shape index (κ2) is 17.2. The molecular weight excluding hydrogens is 564 g/mol. The van der Waals surface area contributed by atoms with Crippen LogP contribution in [0.4, 0.5) is 11.4 Å². The third-order valence-corrected chi connectivity index (χ3v) is 8.39. The first-order valence-corrected chi connectivity index (χ1v) is 17.0. The van der Waals surface area contributed by atoms with Gasteiger partial charge in [-0.15, -0.1) is 0 Å². The standard InChI is InChI=1S/C42H48N2O2/c1-4-6-8-17-29-45-41-23-15-13-21-37(41)39-31-34(33-25-27-36(28-26-33)44(3)35-19-11-10-12-20-35)32-40(43-39)38-22-14-16-24-42(38)46-30-18-9-7-5-2/h10-16,19-28,31-32H,4-9,17-18,29-30H2,1-3H3. The molecule has 4 nitrogen and oxygen atoms in total. The van der Waals surface area contributed by atoms with E-state index in [1.165, 1.54) is 38.5 Å². The van der Waals surface area contributed by atoms with Gasteiger partial charge in [0.25, 0.3) is 0 Å². The van der Waals surface area contributed by atoms with Crippen molar-refractivity contribution >= 4 is 11.4 Å². The summed E-state index contributed by atoms with van der Waals surface area (Å²) in [5, 5.41) is 0. The molecule has 0 aliphatic rings. The number of para-hydroxylation sites is 3. The van der Waals surface area contributed by atoms with Crippen LogP contribution in [0, 0.1) is 0 Å². The van der Waals surface area contributed by atoms with E-state index in [0.717, 1.165) is 69.4 Å². The zero-order valence-electron chi connectivity index (χ0n) is 27.8. The monoisotopic (exact) mass is 612 g/mol. The predicted molar refractivity (Wildman–Crippen MR) is 194 cm³/mol. The molecule has 0 spiro atoms. The Bertz CT molecular complexity index is 1560. The van der Waals surface area contributed by atoms with Crippen LogP contribution in [0.5, 0.6) is 11.5 Å². The summed E-state index contributed by atoms with van der Waals surface area (Å²) >= 11 is 0. The maximum atomic E-state index is 6.35. The summed E-state index contributed by atoms with van der Waals surface area (Å²) in [7, 11) is 2.10. The number of rotatable bonds is 17. The molecule has 0 aliphatic heterocycles. The number of hydrogen-bond donors (Lipinski definition) is 0. The molecule has 0 saturated carbocycles. The second-order valence-electron chi connectivity index (χ2n) is 11.9. The van der Waals surface area contributed by atoms with Crippen LogP contribution in [0.2, 0.25) is 0 Å². The lowest BCUT2D eigenvalue weighted by molar-refractivity contribution is 0.306. The maximum Gasteiger partial charge on any atom is 0.128 e. The lowest BCUT2D eigenvalue weighted by Crippen LogP contribution is -2.08. The van der Waals surface area contributed by atoms with E-state index < -0.39 is 0 Å². The van der Waals surface area contributed by atoms with Crippen molar-refractivity contribution < 1.29 is 9.47 Å². The molecule has 5 aromatic rings. The summed E-state index contributed by atoms with van der Waals surface area (Å²) in [6.45, 7) is 5.87. The Balaban J connectivity index is 1.51. The van der Waals surface area contributed by atoms with Crippen LogP contribution in [0.3, 0.4) is 0 Å². The highest BCUT2D eigenvalue weighted by Gasteiger charge is 2.15. The smallest absolute Gasteiger partial charge is 0.128 e. The van der Waals surface area contributed by atoms with Gasteiger partial charge >= 0.3 is 0 Å². The van der Waals surface area contributed by atoms with Crippen molar-refractivity contribution in [1.29, 1.82) is 0 Å². The van der Waals surface area contributed by atoms with E-state index in [2.05, 4.69) is 123 Å². The highest BCUT2D eigenvalue weighted by molar-refractivity contribution is 5.81. The van der Waals surface area contributed by atoms with Gasteiger partial charge in [0.1, 0.15) is 11.5 Å². The summed E-state index contributed by atoms with van der Waals surface area (Å²) in [5.74, 6) is 1.74. The number of pyridine rings is 1. The van der Waals surface area contributed by atoms with E-state index in [-0.39, 0.29) is 0 Å². The molecule has 46 heavy (non-hydrogen) atoms. The van der Waals surface area contributed by atoms with Gasteiger partial charge in [-0.2, -0.15) is 0 Å². The van der Waals surface area contributed by atoms with E-state index in [1.54, 1.807) is 0 Å². The zero-order valence-corrected chi connectivity index (χ0v) is 27.8. The van der Waals surface area contributed by atoms with Gasteiger partial charge in [0.2, 0.25) is 0 Å². The molecule has 0 bridgehead atoms. The van der Waals surface area contributed by atoms with Crippen molar-refractivity contribution in [3.05, 3.63) is 115 Å². The first-order valence-electron chi connectivity index (χ1n) is 17.0. The fourth-order valence-electron chi connectivity index (χ4n) is 5.68. The van der Waals surface area contributed by atoms with Crippen LogP contribution in [-0.2, 0) is 0 Å². The highest BCUT2D eigenvalue weighted by atomic mass is 16.5. The molecule has 0 radical (unpaired) electrons. The first-order chi connectivity index (χ1) is 22.7. The third kappa shape index (κ3) is 8.78. The van der Waals surface area contributed by atoms with E-state index >= 15 is 0 Å². The molecule has 0 aliphatic carbocycles. The highest BCUT2D eigenvalue weighted by Crippen LogP contribution is 2.37. The molecule has 1 heterocycles. The zero-order chi connectivity index (χ0) is 32.0. The Labute approximate surface area is 276 Å². The van der Waals surface area contributed by atoms with Crippen molar-refractivity contribution in [2.75, 3.05) is 25.2 Å². The van der Waals surface area contributed by atoms with E-state index in [0.29, 0.717) is 13.2 Å². The quantitative estimate of drug-likeness (QED) is 0.0979. The van der Waals surface area contributed by atoms with Crippen LogP contribution in [0.1, 0.15) is 65.2 Å². The average molecular weight is 613 g/mol. The summed E-state index contributed by atoms with van der Waals surface area (Å²) < 4.78 is 12.7. The molecule has 1 aromatic heterocycles. The topological polar surface area (TPSA) is 34.6 Å². The van der Waals surface area contributed by atoms with Crippen LogP contribution in [0.25, 0.3) is 33.6 Å². The molecule has 238 valence electrons. The third-order valence-electron chi connectivity index (χ3n) is 8.39. The summed E-state index contributed by atoms with van der Waals surface area (Å²) in [4.78, 5) is 7.46. The molecular formula is C42H48N2O2. The van der Waals surface area contributed by atoms with Gasteiger partial charge in [-0.3, -0.25) is 0 Å². The van der Waals surface area contributed by atoms with Crippen LogP contribution in [0.15, 0.2) is 115 Å². The molecule has 0 saturated heterocycles. The first kappa shape index (κ1) is 32.8. The number of unbranched alkanes of at least 4 members (excludes halogenated alkanes) is 6. The number of ether oxygens (including phenoxy) is 2. The number of aromatic nitrogens is 1. The molecule has 4 aromatic carbocycles. The molecule has 0 unspecified atom stereocenters. The van der Waals surface area contributed by atoms with Crippen molar-refractivity contribution in [3.63, 3.8) is 0 Å². The average Bonchev–Trinajstić information content (AvgIpc) is 3.12. The van der Waals surface area contributed by atoms with E-state index in [9.17, 15) is 0 Å². The van der Waals surface area contributed by atoms with Crippen molar-refractivity contribution in [3.8, 4) is 45.1 Å². The van der Waals surface area contributed by atoms with Gasteiger partial charge in [0.05, 0.1) is 24.6 Å². The molecule has 0 amide bonds. The minimum Gasteiger partial charge on any atom is -0.493 e. The van der Waals surface area contributed by atoms with Gasteiger partial charge in [-0.25, -0.2) is 4.98 Å². The molecule has 0 N–H and O–H groups in total. The van der Waals surface area contributed by atoms with Crippen molar-refractivity contribution in [2.24, 2.45) is 0 Å². The van der Waals surface area contributed by atoms with Gasteiger partial charge in [0.15, 0.2) is 0 Å². The van der Waals surface area contributed by atoms with Gasteiger partial charge in [-0.05, 0) is 84.6 Å². The number of nitrogens with zero attached hydrogens (tertiary/aromatic N) is 2. The number of anilines is 2. The largest absolute Gasteiger partial charge is 0.493 e. The normalized spacial score (nSPS) is 10.9. The Morgan fingerprint density at radius 1 is 0.500 bits per heavy atom. The van der Waals surface area contributed by atoms with Crippen molar-refractivity contribution in [1.82, 2.24) is 4.98 Å². The SMILES string of the molecule is CCCCCCOc1ccccc1-c1cc(-c2ccc(N(C)c3ccccc3)cc2)cc(-c2ccccc2OCCCCCC)n1. The Kier molecular flexibility index (Phi) is 12.3. The minimum absolute atomic E-state index is 0.703. The number of benzene rings is 4. The van der Waals surface area contributed by atoms with Gasteiger partial charge in [0, 0.05) is 29.5 Å². The van der Waals surface area contributed by atoms with Gasteiger partial charge < -0.3 is 14.4 Å². The minimum atomic E-state index is 0.703. The molecule has 0 fully saturated rings. The van der Waals surface area contributed by atoms with Crippen LogP contribution in [-0.4, -0.2) is 25.2 Å². The number of hydrogen-bond acceptors (Lipinski definition) is 4. The Hall–Kier alpha value is -4.57.